The monoisotopic (exact) mass is 361 g/mol. The molecule has 0 aliphatic carbocycles. The molecular formula is C16H15N3O5S. The third-order valence-corrected chi connectivity index (χ3v) is 4.93. The summed E-state index contributed by atoms with van der Waals surface area (Å²) in [7, 11) is 0. The van der Waals surface area contributed by atoms with Crippen LogP contribution in [0.25, 0.3) is 6.08 Å². The molecule has 130 valence electrons. The van der Waals surface area contributed by atoms with Gasteiger partial charge >= 0.3 is 0 Å². The van der Waals surface area contributed by atoms with Crippen LogP contribution in [-0.2, 0) is 9.59 Å². The standard InChI is InChI=1S/C16H15N3O5S/c20-14(17-7-1-2-8-17)10-18-15(21)13(25-16(18)22)9-11-3-5-12(6-4-11)19(23)24/h3-6,9H,1-2,7-8,10H2/b13-9+. The number of benzene rings is 1. The lowest BCUT2D eigenvalue weighted by Gasteiger charge is -2.18. The van der Waals surface area contributed by atoms with Crippen LogP contribution >= 0.6 is 11.8 Å². The van der Waals surface area contributed by atoms with E-state index in [0.29, 0.717) is 18.7 Å². The van der Waals surface area contributed by atoms with Crippen molar-refractivity contribution < 1.29 is 19.3 Å². The smallest absolute Gasteiger partial charge is 0.294 e. The summed E-state index contributed by atoms with van der Waals surface area (Å²) in [5.74, 6) is -0.739. The Morgan fingerprint density at radius 3 is 2.44 bits per heavy atom. The van der Waals surface area contributed by atoms with Crippen molar-refractivity contribution in [2.24, 2.45) is 0 Å². The molecule has 3 rings (SSSR count). The quantitative estimate of drug-likeness (QED) is 0.463. The van der Waals surface area contributed by atoms with Crippen LogP contribution in [0.4, 0.5) is 10.5 Å². The number of likely N-dealkylation sites (tertiary alicyclic amines) is 1. The van der Waals surface area contributed by atoms with Crippen molar-refractivity contribution in [2.45, 2.75) is 12.8 Å². The van der Waals surface area contributed by atoms with Crippen molar-refractivity contribution in [1.29, 1.82) is 0 Å². The number of nitro groups is 1. The zero-order valence-electron chi connectivity index (χ0n) is 13.2. The van der Waals surface area contributed by atoms with Gasteiger partial charge in [0.15, 0.2) is 0 Å². The second-order valence-corrected chi connectivity index (χ2v) is 6.70. The lowest BCUT2D eigenvalue weighted by atomic mass is 10.2. The fraction of sp³-hybridized carbons (Fsp3) is 0.312. The van der Waals surface area contributed by atoms with Crippen molar-refractivity contribution in [1.82, 2.24) is 9.80 Å². The van der Waals surface area contributed by atoms with Gasteiger partial charge in [-0.2, -0.15) is 0 Å². The minimum absolute atomic E-state index is 0.0542. The first-order chi connectivity index (χ1) is 12.0. The van der Waals surface area contributed by atoms with Gasteiger partial charge < -0.3 is 4.90 Å². The van der Waals surface area contributed by atoms with Gasteiger partial charge in [0.05, 0.1) is 9.83 Å². The average Bonchev–Trinajstić information content (AvgIpc) is 3.20. The topological polar surface area (TPSA) is 101 Å². The maximum absolute atomic E-state index is 12.4. The van der Waals surface area contributed by atoms with E-state index in [2.05, 4.69) is 0 Å². The molecule has 0 aromatic heterocycles. The van der Waals surface area contributed by atoms with Crippen molar-refractivity contribution >= 4 is 40.6 Å². The number of imide groups is 1. The number of carbonyl (C=O) groups excluding carboxylic acids is 3. The Morgan fingerprint density at radius 1 is 1.20 bits per heavy atom. The van der Waals surface area contributed by atoms with Gasteiger partial charge in [-0.1, -0.05) is 0 Å². The molecular weight excluding hydrogens is 346 g/mol. The van der Waals surface area contributed by atoms with Gasteiger partial charge in [0.2, 0.25) is 5.91 Å². The highest BCUT2D eigenvalue weighted by Crippen LogP contribution is 2.32. The summed E-state index contributed by atoms with van der Waals surface area (Å²) >= 11 is 0.766. The van der Waals surface area contributed by atoms with Gasteiger partial charge in [-0.25, -0.2) is 0 Å². The lowest BCUT2D eigenvalue weighted by molar-refractivity contribution is -0.384. The molecule has 3 amide bonds. The molecule has 0 radical (unpaired) electrons. The molecule has 0 spiro atoms. The lowest BCUT2D eigenvalue weighted by Crippen LogP contribution is -2.40. The number of non-ortho nitro benzene ring substituents is 1. The van der Waals surface area contributed by atoms with Gasteiger partial charge in [-0.05, 0) is 48.4 Å². The van der Waals surface area contributed by atoms with E-state index in [1.54, 1.807) is 4.90 Å². The molecule has 1 aromatic carbocycles. The number of thioether (sulfide) groups is 1. The molecule has 0 N–H and O–H groups in total. The SMILES string of the molecule is O=C(CN1C(=O)S/C(=C/c2ccc([N+](=O)[O-])cc2)C1=O)N1CCCC1. The van der Waals surface area contributed by atoms with E-state index in [-0.39, 0.29) is 23.0 Å². The van der Waals surface area contributed by atoms with Crippen LogP contribution in [0.3, 0.4) is 0 Å². The molecule has 2 fully saturated rings. The van der Waals surface area contributed by atoms with Gasteiger partial charge in [-0.3, -0.25) is 29.4 Å². The minimum Gasteiger partial charge on any atom is -0.341 e. The summed E-state index contributed by atoms with van der Waals surface area (Å²) in [4.78, 5) is 49.5. The molecule has 1 aromatic rings. The highest BCUT2D eigenvalue weighted by Gasteiger charge is 2.37. The minimum atomic E-state index is -0.513. The third-order valence-electron chi connectivity index (χ3n) is 4.03. The average molecular weight is 361 g/mol. The molecule has 0 saturated carbocycles. The number of hydrogen-bond donors (Lipinski definition) is 0. The molecule has 8 nitrogen and oxygen atoms in total. The van der Waals surface area contributed by atoms with Crippen molar-refractivity contribution in [2.75, 3.05) is 19.6 Å². The van der Waals surface area contributed by atoms with Crippen LogP contribution < -0.4 is 0 Å². The molecule has 25 heavy (non-hydrogen) atoms. The first-order valence-electron chi connectivity index (χ1n) is 7.73. The predicted molar refractivity (Wildman–Crippen MR) is 91.6 cm³/mol. The molecule has 2 saturated heterocycles. The van der Waals surface area contributed by atoms with E-state index < -0.39 is 16.1 Å². The molecule has 2 aliphatic heterocycles. The van der Waals surface area contributed by atoms with Crippen LogP contribution in [0.2, 0.25) is 0 Å². The summed E-state index contributed by atoms with van der Waals surface area (Å²) in [6, 6.07) is 5.66. The Kier molecular flexibility index (Phi) is 4.84. The highest BCUT2D eigenvalue weighted by molar-refractivity contribution is 8.18. The van der Waals surface area contributed by atoms with Crippen LogP contribution in [0.15, 0.2) is 29.2 Å². The predicted octanol–water partition coefficient (Wildman–Crippen LogP) is 2.25. The van der Waals surface area contributed by atoms with E-state index in [1.165, 1.54) is 30.3 Å². The Labute approximate surface area is 147 Å². The molecule has 9 heteroatoms. The number of rotatable bonds is 4. The summed E-state index contributed by atoms with van der Waals surface area (Å²) in [5.41, 5.74) is 0.517. The normalized spacial score (nSPS) is 19.1. The van der Waals surface area contributed by atoms with Gasteiger partial charge in [0.25, 0.3) is 16.8 Å². The summed E-state index contributed by atoms with van der Waals surface area (Å²) in [6.07, 6.45) is 3.37. The van der Waals surface area contributed by atoms with Crippen molar-refractivity contribution in [3.63, 3.8) is 0 Å². The Balaban J connectivity index is 1.71. The first-order valence-corrected chi connectivity index (χ1v) is 8.55. The number of hydrogen-bond acceptors (Lipinski definition) is 6. The number of nitrogens with zero attached hydrogens (tertiary/aromatic N) is 3. The number of amides is 3. The van der Waals surface area contributed by atoms with Crippen LogP contribution in [0.5, 0.6) is 0 Å². The first kappa shape index (κ1) is 17.2. The highest BCUT2D eigenvalue weighted by atomic mass is 32.2. The van der Waals surface area contributed by atoms with E-state index in [0.717, 1.165) is 29.5 Å². The van der Waals surface area contributed by atoms with E-state index in [4.69, 9.17) is 0 Å². The van der Waals surface area contributed by atoms with Crippen LogP contribution in [0, 0.1) is 10.1 Å². The van der Waals surface area contributed by atoms with E-state index >= 15 is 0 Å². The second-order valence-electron chi connectivity index (χ2n) is 5.70. The summed E-state index contributed by atoms with van der Waals surface area (Å²) < 4.78 is 0. The van der Waals surface area contributed by atoms with Gasteiger partial charge in [-0.15, -0.1) is 0 Å². The largest absolute Gasteiger partial charge is 0.341 e. The third kappa shape index (κ3) is 3.71. The van der Waals surface area contributed by atoms with Crippen LogP contribution in [-0.4, -0.2) is 51.4 Å². The van der Waals surface area contributed by atoms with Gasteiger partial charge in [0, 0.05) is 25.2 Å². The fourth-order valence-corrected chi connectivity index (χ4v) is 3.52. The molecule has 0 atom stereocenters. The number of carbonyl (C=O) groups is 3. The van der Waals surface area contributed by atoms with E-state index in [1.807, 2.05) is 0 Å². The molecule has 0 unspecified atom stereocenters. The molecule has 2 aliphatic rings. The Morgan fingerprint density at radius 2 is 1.84 bits per heavy atom. The van der Waals surface area contributed by atoms with Crippen LogP contribution in [0.1, 0.15) is 18.4 Å². The molecule has 2 heterocycles. The maximum Gasteiger partial charge on any atom is 0.294 e. The second kappa shape index (κ2) is 7.06. The summed E-state index contributed by atoms with van der Waals surface area (Å²) in [6.45, 7) is 1.07. The van der Waals surface area contributed by atoms with Gasteiger partial charge in [0.1, 0.15) is 6.54 Å². The fourth-order valence-electron chi connectivity index (χ4n) is 2.68. The number of nitro benzene ring substituents is 1. The summed E-state index contributed by atoms with van der Waals surface area (Å²) in [5, 5.41) is 10.2. The Bertz CT molecular complexity index is 768. The van der Waals surface area contributed by atoms with E-state index in [9.17, 15) is 24.5 Å². The zero-order chi connectivity index (χ0) is 18.0. The Hall–Kier alpha value is -2.68. The zero-order valence-corrected chi connectivity index (χ0v) is 14.0. The van der Waals surface area contributed by atoms with Crippen molar-refractivity contribution in [3.8, 4) is 0 Å². The van der Waals surface area contributed by atoms with Crippen molar-refractivity contribution in [3.05, 3.63) is 44.8 Å². The molecule has 0 bridgehead atoms. The maximum atomic E-state index is 12.4.